The van der Waals surface area contributed by atoms with Crippen molar-refractivity contribution in [1.29, 1.82) is 0 Å². The molecule has 1 atom stereocenters. The van der Waals surface area contributed by atoms with E-state index < -0.39 is 0 Å². The Morgan fingerprint density at radius 1 is 1.10 bits per heavy atom. The fraction of sp³-hybridized carbons (Fsp3) is 0.444. The molecule has 1 fully saturated rings. The van der Waals surface area contributed by atoms with Crippen molar-refractivity contribution in [3.63, 3.8) is 0 Å². The standard InChI is InChI=1S/C18H23N3/c1-2-21-14-6-9-17(21)12-10-16-11-13-18(20-19-16)15-7-4-3-5-8-15/h3-5,7-8,11,13,17H,2,6,9-10,12,14H2,1H3. The number of hydrogen-bond acceptors (Lipinski definition) is 3. The number of aromatic nitrogens is 2. The van der Waals surface area contributed by atoms with E-state index in [0.29, 0.717) is 0 Å². The molecule has 0 spiro atoms. The first-order chi connectivity index (χ1) is 10.4. The molecule has 2 aromatic rings. The highest BCUT2D eigenvalue weighted by Crippen LogP contribution is 2.21. The van der Waals surface area contributed by atoms with E-state index in [1.54, 1.807) is 0 Å². The molecule has 3 rings (SSSR count). The first-order valence-electron chi connectivity index (χ1n) is 7.99. The molecule has 0 radical (unpaired) electrons. The second-order valence-electron chi connectivity index (χ2n) is 5.74. The van der Waals surface area contributed by atoms with Gasteiger partial charge in [-0.25, -0.2) is 0 Å². The van der Waals surface area contributed by atoms with Crippen LogP contribution in [-0.4, -0.2) is 34.2 Å². The predicted octanol–water partition coefficient (Wildman–Crippen LogP) is 3.56. The van der Waals surface area contributed by atoms with Gasteiger partial charge in [0.1, 0.15) is 0 Å². The topological polar surface area (TPSA) is 29.0 Å². The maximum Gasteiger partial charge on any atom is 0.0929 e. The molecule has 1 saturated heterocycles. The number of hydrogen-bond donors (Lipinski definition) is 0. The van der Waals surface area contributed by atoms with Crippen molar-refractivity contribution in [2.45, 2.75) is 38.6 Å². The minimum absolute atomic E-state index is 0.741. The third-order valence-electron chi connectivity index (χ3n) is 4.43. The summed E-state index contributed by atoms with van der Waals surface area (Å²) in [6.45, 7) is 4.69. The maximum absolute atomic E-state index is 4.40. The summed E-state index contributed by atoms with van der Waals surface area (Å²) in [5, 5.41) is 8.77. The molecule has 0 amide bonds. The average molecular weight is 281 g/mol. The first-order valence-corrected chi connectivity index (χ1v) is 7.99. The summed E-state index contributed by atoms with van der Waals surface area (Å²) in [5.41, 5.74) is 3.19. The lowest BCUT2D eigenvalue weighted by Crippen LogP contribution is -2.29. The number of aryl methyl sites for hydroxylation is 1. The molecular weight excluding hydrogens is 258 g/mol. The van der Waals surface area contributed by atoms with Crippen LogP contribution < -0.4 is 0 Å². The Hall–Kier alpha value is -1.74. The highest BCUT2D eigenvalue weighted by molar-refractivity contribution is 5.57. The molecule has 0 saturated carbocycles. The predicted molar refractivity (Wildman–Crippen MR) is 86.1 cm³/mol. The Kier molecular flexibility index (Phi) is 4.61. The molecule has 2 heterocycles. The van der Waals surface area contributed by atoms with Crippen LogP contribution >= 0.6 is 0 Å². The SMILES string of the molecule is CCN1CCCC1CCc1ccc(-c2ccccc2)nn1. The largest absolute Gasteiger partial charge is 0.301 e. The molecule has 0 aliphatic carbocycles. The third-order valence-corrected chi connectivity index (χ3v) is 4.43. The van der Waals surface area contributed by atoms with Crippen LogP contribution in [0, 0.1) is 0 Å². The highest BCUT2D eigenvalue weighted by atomic mass is 15.2. The van der Waals surface area contributed by atoms with Gasteiger partial charge in [-0.2, -0.15) is 10.2 Å². The molecule has 0 N–H and O–H groups in total. The van der Waals surface area contributed by atoms with Gasteiger partial charge in [0.05, 0.1) is 11.4 Å². The number of benzene rings is 1. The monoisotopic (exact) mass is 281 g/mol. The van der Waals surface area contributed by atoms with E-state index in [0.717, 1.165) is 29.4 Å². The normalized spacial score (nSPS) is 19.0. The zero-order valence-corrected chi connectivity index (χ0v) is 12.7. The summed E-state index contributed by atoms with van der Waals surface area (Å²) in [7, 11) is 0. The average Bonchev–Trinajstić information content (AvgIpc) is 3.02. The van der Waals surface area contributed by atoms with E-state index >= 15 is 0 Å². The van der Waals surface area contributed by atoms with Crippen LogP contribution in [0.5, 0.6) is 0 Å². The molecule has 21 heavy (non-hydrogen) atoms. The molecule has 1 unspecified atom stereocenters. The van der Waals surface area contributed by atoms with Gasteiger partial charge < -0.3 is 4.90 Å². The van der Waals surface area contributed by atoms with Crippen molar-refractivity contribution in [1.82, 2.24) is 15.1 Å². The van der Waals surface area contributed by atoms with Crippen molar-refractivity contribution in [3.8, 4) is 11.3 Å². The molecule has 1 aromatic carbocycles. The number of likely N-dealkylation sites (tertiary alicyclic amines) is 1. The summed E-state index contributed by atoms with van der Waals surface area (Å²) in [6, 6.07) is 15.2. The van der Waals surface area contributed by atoms with E-state index in [2.05, 4.69) is 46.3 Å². The second-order valence-corrected chi connectivity index (χ2v) is 5.74. The Balaban J connectivity index is 1.60. The van der Waals surface area contributed by atoms with Crippen LogP contribution in [0.2, 0.25) is 0 Å². The van der Waals surface area contributed by atoms with Crippen LogP contribution in [0.4, 0.5) is 0 Å². The molecule has 0 bridgehead atoms. The first kappa shape index (κ1) is 14.2. The van der Waals surface area contributed by atoms with Crippen molar-refractivity contribution in [3.05, 3.63) is 48.2 Å². The lowest BCUT2D eigenvalue weighted by atomic mass is 10.1. The van der Waals surface area contributed by atoms with Crippen LogP contribution in [0.1, 0.15) is 31.9 Å². The van der Waals surface area contributed by atoms with E-state index in [4.69, 9.17) is 0 Å². The molecule has 3 heteroatoms. The van der Waals surface area contributed by atoms with Gasteiger partial charge in [-0.15, -0.1) is 0 Å². The van der Waals surface area contributed by atoms with Crippen molar-refractivity contribution in [2.75, 3.05) is 13.1 Å². The summed E-state index contributed by atoms with van der Waals surface area (Å²) < 4.78 is 0. The van der Waals surface area contributed by atoms with Gasteiger partial charge in [-0.05, 0) is 50.9 Å². The van der Waals surface area contributed by atoms with E-state index in [1.807, 2.05) is 18.2 Å². The molecule has 1 aliphatic heterocycles. The summed E-state index contributed by atoms with van der Waals surface area (Å²) in [4.78, 5) is 2.59. The molecule has 110 valence electrons. The summed E-state index contributed by atoms with van der Waals surface area (Å²) in [5.74, 6) is 0. The second kappa shape index (κ2) is 6.81. The van der Waals surface area contributed by atoms with E-state index in [-0.39, 0.29) is 0 Å². The summed E-state index contributed by atoms with van der Waals surface area (Å²) >= 11 is 0. The zero-order chi connectivity index (χ0) is 14.5. The lowest BCUT2D eigenvalue weighted by molar-refractivity contribution is 0.255. The van der Waals surface area contributed by atoms with Crippen molar-refractivity contribution >= 4 is 0 Å². The van der Waals surface area contributed by atoms with Gasteiger partial charge >= 0.3 is 0 Å². The van der Waals surface area contributed by atoms with Gasteiger partial charge in [0.25, 0.3) is 0 Å². The molecule has 3 nitrogen and oxygen atoms in total. The smallest absolute Gasteiger partial charge is 0.0929 e. The van der Waals surface area contributed by atoms with Crippen LogP contribution in [0.25, 0.3) is 11.3 Å². The van der Waals surface area contributed by atoms with Gasteiger partial charge in [0.2, 0.25) is 0 Å². The minimum Gasteiger partial charge on any atom is -0.301 e. The Bertz CT molecular complexity index is 550. The summed E-state index contributed by atoms with van der Waals surface area (Å²) in [6.07, 6.45) is 4.91. The third kappa shape index (κ3) is 3.48. The van der Waals surface area contributed by atoms with E-state index in [1.165, 1.54) is 32.4 Å². The Labute approximate surface area is 127 Å². The Morgan fingerprint density at radius 2 is 1.95 bits per heavy atom. The Morgan fingerprint density at radius 3 is 2.67 bits per heavy atom. The van der Waals surface area contributed by atoms with Gasteiger partial charge in [0.15, 0.2) is 0 Å². The lowest BCUT2D eigenvalue weighted by Gasteiger charge is -2.22. The van der Waals surface area contributed by atoms with Crippen LogP contribution in [-0.2, 0) is 6.42 Å². The zero-order valence-electron chi connectivity index (χ0n) is 12.7. The number of rotatable bonds is 5. The van der Waals surface area contributed by atoms with Gasteiger partial charge in [-0.3, -0.25) is 0 Å². The number of nitrogens with zero attached hydrogens (tertiary/aromatic N) is 3. The van der Waals surface area contributed by atoms with Crippen LogP contribution in [0.3, 0.4) is 0 Å². The van der Waals surface area contributed by atoms with Gasteiger partial charge in [-0.1, -0.05) is 37.3 Å². The molecule has 1 aliphatic rings. The van der Waals surface area contributed by atoms with Crippen LogP contribution in [0.15, 0.2) is 42.5 Å². The quantitative estimate of drug-likeness (QED) is 0.839. The van der Waals surface area contributed by atoms with Gasteiger partial charge in [0, 0.05) is 11.6 Å². The molecule has 1 aromatic heterocycles. The van der Waals surface area contributed by atoms with Crippen molar-refractivity contribution in [2.24, 2.45) is 0 Å². The maximum atomic E-state index is 4.40. The fourth-order valence-electron chi connectivity index (χ4n) is 3.21. The van der Waals surface area contributed by atoms with E-state index in [9.17, 15) is 0 Å². The highest BCUT2D eigenvalue weighted by Gasteiger charge is 2.22. The van der Waals surface area contributed by atoms with Crippen molar-refractivity contribution < 1.29 is 0 Å². The fourth-order valence-corrected chi connectivity index (χ4v) is 3.21. The minimum atomic E-state index is 0.741. The molecular formula is C18H23N3.